The topological polar surface area (TPSA) is 15.3 Å². The minimum Gasteiger partial charge on any atom is -0.312 e. The molecular formula is C17H26ClFN2. The van der Waals surface area contributed by atoms with Crippen LogP contribution in [0.2, 0.25) is 5.02 Å². The predicted molar refractivity (Wildman–Crippen MR) is 87.5 cm³/mol. The minimum absolute atomic E-state index is 0.173. The fourth-order valence-corrected chi connectivity index (χ4v) is 3.81. The van der Waals surface area contributed by atoms with E-state index in [4.69, 9.17) is 11.6 Å². The van der Waals surface area contributed by atoms with Crippen molar-refractivity contribution in [3.8, 4) is 0 Å². The van der Waals surface area contributed by atoms with Gasteiger partial charge in [0.2, 0.25) is 0 Å². The first-order valence-electron chi connectivity index (χ1n) is 7.84. The van der Waals surface area contributed by atoms with Gasteiger partial charge in [-0.15, -0.1) is 0 Å². The molecule has 0 heterocycles. The second-order valence-corrected chi connectivity index (χ2v) is 6.68. The molecule has 4 heteroatoms. The fourth-order valence-electron chi connectivity index (χ4n) is 3.70. The van der Waals surface area contributed by atoms with Gasteiger partial charge in [-0.25, -0.2) is 4.39 Å². The number of halogens is 2. The first kappa shape index (κ1) is 16.7. The number of likely N-dealkylation sites (N-methyl/N-ethyl adjacent to an activating group) is 2. The molecule has 2 nitrogen and oxygen atoms in total. The van der Waals surface area contributed by atoms with Crippen molar-refractivity contribution < 1.29 is 4.39 Å². The van der Waals surface area contributed by atoms with E-state index in [1.807, 2.05) is 6.07 Å². The summed E-state index contributed by atoms with van der Waals surface area (Å²) in [6, 6.07) is 5.51. The SMILES string of the molecule is CCNC(Cc1ccc(Cl)c(F)c1)C1(N(C)C)CCCC1. The highest BCUT2D eigenvalue weighted by Gasteiger charge is 2.42. The summed E-state index contributed by atoms with van der Waals surface area (Å²) in [6.07, 6.45) is 5.78. The number of hydrogen-bond acceptors (Lipinski definition) is 2. The molecule has 118 valence electrons. The molecule has 1 unspecified atom stereocenters. The maximum Gasteiger partial charge on any atom is 0.142 e. The van der Waals surface area contributed by atoms with E-state index in [-0.39, 0.29) is 16.4 Å². The molecular weight excluding hydrogens is 287 g/mol. The lowest BCUT2D eigenvalue weighted by molar-refractivity contribution is 0.105. The van der Waals surface area contributed by atoms with Gasteiger partial charge in [0.05, 0.1) is 5.02 Å². The maximum atomic E-state index is 13.7. The lowest BCUT2D eigenvalue weighted by atomic mass is 9.83. The quantitative estimate of drug-likeness (QED) is 0.857. The van der Waals surface area contributed by atoms with Crippen molar-refractivity contribution in [2.45, 2.75) is 50.6 Å². The van der Waals surface area contributed by atoms with Crippen molar-refractivity contribution in [1.29, 1.82) is 0 Å². The molecule has 1 saturated carbocycles. The zero-order chi connectivity index (χ0) is 15.5. The Balaban J connectivity index is 2.23. The van der Waals surface area contributed by atoms with Crippen LogP contribution in [0.5, 0.6) is 0 Å². The summed E-state index contributed by atoms with van der Waals surface area (Å²) in [5.74, 6) is -0.324. The normalized spacial score (nSPS) is 19.1. The zero-order valence-corrected chi connectivity index (χ0v) is 14.0. The summed E-state index contributed by atoms with van der Waals surface area (Å²) in [7, 11) is 4.33. The minimum atomic E-state index is -0.324. The molecule has 0 aromatic heterocycles. The van der Waals surface area contributed by atoms with Crippen LogP contribution in [0.4, 0.5) is 4.39 Å². The van der Waals surface area contributed by atoms with Crippen molar-refractivity contribution in [2.24, 2.45) is 0 Å². The molecule has 0 bridgehead atoms. The molecule has 2 rings (SSSR count). The van der Waals surface area contributed by atoms with Crippen molar-refractivity contribution >= 4 is 11.6 Å². The Hall–Kier alpha value is -0.640. The van der Waals surface area contributed by atoms with E-state index in [0.29, 0.717) is 6.04 Å². The van der Waals surface area contributed by atoms with E-state index in [1.54, 1.807) is 12.1 Å². The Bertz CT molecular complexity index is 470. The van der Waals surface area contributed by atoms with Gasteiger partial charge in [0.1, 0.15) is 5.82 Å². The first-order chi connectivity index (χ1) is 9.99. The standard InChI is InChI=1S/C17H26ClFN2/c1-4-20-16(17(21(2)3)9-5-6-10-17)12-13-7-8-14(18)15(19)11-13/h7-8,11,16,20H,4-6,9-10,12H2,1-3H3. The largest absolute Gasteiger partial charge is 0.312 e. The first-order valence-corrected chi connectivity index (χ1v) is 8.22. The van der Waals surface area contributed by atoms with E-state index in [0.717, 1.165) is 18.5 Å². The Morgan fingerprint density at radius 3 is 2.52 bits per heavy atom. The van der Waals surface area contributed by atoms with Crippen LogP contribution in [0.15, 0.2) is 18.2 Å². The van der Waals surface area contributed by atoms with E-state index in [1.165, 1.54) is 25.7 Å². The van der Waals surface area contributed by atoms with Crippen LogP contribution in [0.25, 0.3) is 0 Å². The molecule has 0 amide bonds. The van der Waals surface area contributed by atoms with Crippen LogP contribution in [0, 0.1) is 5.82 Å². The maximum absolute atomic E-state index is 13.7. The van der Waals surface area contributed by atoms with Gasteiger partial charge in [-0.3, -0.25) is 0 Å². The molecule has 1 aliphatic carbocycles. The molecule has 1 N–H and O–H groups in total. The van der Waals surface area contributed by atoms with Gasteiger partial charge < -0.3 is 10.2 Å². The van der Waals surface area contributed by atoms with E-state index in [9.17, 15) is 4.39 Å². The molecule has 1 aromatic carbocycles. The summed E-state index contributed by atoms with van der Waals surface area (Å²) >= 11 is 5.78. The monoisotopic (exact) mass is 312 g/mol. The molecule has 1 atom stereocenters. The third-order valence-electron chi connectivity index (χ3n) is 4.88. The van der Waals surface area contributed by atoms with Crippen LogP contribution < -0.4 is 5.32 Å². The average Bonchev–Trinajstić information content (AvgIpc) is 2.93. The Morgan fingerprint density at radius 2 is 2.00 bits per heavy atom. The molecule has 0 saturated heterocycles. The fraction of sp³-hybridized carbons (Fsp3) is 0.647. The summed E-state index contributed by atoms with van der Waals surface area (Å²) in [6.45, 7) is 3.06. The molecule has 1 aromatic rings. The van der Waals surface area contributed by atoms with Crippen molar-refractivity contribution in [1.82, 2.24) is 10.2 Å². The predicted octanol–water partition coefficient (Wildman–Crippen LogP) is 3.87. The van der Waals surface area contributed by atoms with Gasteiger partial charge in [0, 0.05) is 11.6 Å². The number of nitrogens with zero attached hydrogens (tertiary/aromatic N) is 1. The van der Waals surface area contributed by atoms with Crippen molar-refractivity contribution in [2.75, 3.05) is 20.6 Å². The van der Waals surface area contributed by atoms with Crippen molar-refractivity contribution in [3.63, 3.8) is 0 Å². The lowest BCUT2D eigenvalue weighted by Crippen LogP contribution is -2.58. The Kier molecular flexibility index (Phi) is 5.64. The van der Waals surface area contributed by atoms with Crippen LogP contribution >= 0.6 is 11.6 Å². The summed E-state index contributed by atoms with van der Waals surface area (Å²) in [5.41, 5.74) is 1.18. The molecule has 0 spiro atoms. The molecule has 0 radical (unpaired) electrons. The van der Waals surface area contributed by atoms with Crippen LogP contribution in [-0.4, -0.2) is 37.1 Å². The molecule has 21 heavy (non-hydrogen) atoms. The van der Waals surface area contributed by atoms with Gasteiger partial charge in [-0.05, 0) is 57.6 Å². The lowest BCUT2D eigenvalue weighted by Gasteiger charge is -2.44. The van der Waals surface area contributed by atoms with Gasteiger partial charge in [0.25, 0.3) is 0 Å². The number of rotatable bonds is 6. The third-order valence-corrected chi connectivity index (χ3v) is 5.19. The van der Waals surface area contributed by atoms with Crippen LogP contribution in [0.3, 0.4) is 0 Å². The van der Waals surface area contributed by atoms with Crippen molar-refractivity contribution in [3.05, 3.63) is 34.6 Å². The highest BCUT2D eigenvalue weighted by Crippen LogP contribution is 2.38. The second kappa shape index (κ2) is 7.08. The summed E-state index contributed by atoms with van der Waals surface area (Å²) in [5, 5.41) is 3.83. The molecule has 1 fully saturated rings. The highest BCUT2D eigenvalue weighted by atomic mass is 35.5. The number of nitrogens with one attached hydrogen (secondary N) is 1. The van der Waals surface area contributed by atoms with Crippen LogP contribution in [0.1, 0.15) is 38.2 Å². The van der Waals surface area contributed by atoms with Crippen LogP contribution in [-0.2, 0) is 6.42 Å². The number of benzene rings is 1. The smallest absolute Gasteiger partial charge is 0.142 e. The second-order valence-electron chi connectivity index (χ2n) is 6.27. The van der Waals surface area contributed by atoms with Gasteiger partial charge in [-0.2, -0.15) is 0 Å². The summed E-state index contributed by atoms with van der Waals surface area (Å²) < 4.78 is 13.7. The molecule has 1 aliphatic rings. The Labute approximate surface area is 132 Å². The highest BCUT2D eigenvalue weighted by molar-refractivity contribution is 6.30. The third kappa shape index (κ3) is 3.58. The van der Waals surface area contributed by atoms with E-state index < -0.39 is 0 Å². The Morgan fingerprint density at radius 1 is 1.33 bits per heavy atom. The average molecular weight is 313 g/mol. The van der Waals surface area contributed by atoms with Gasteiger partial charge in [-0.1, -0.05) is 37.4 Å². The summed E-state index contributed by atoms with van der Waals surface area (Å²) in [4.78, 5) is 2.36. The van der Waals surface area contributed by atoms with Gasteiger partial charge in [0.15, 0.2) is 0 Å². The zero-order valence-electron chi connectivity index (χ0n) is 13.3. The number of hydrogen-bond donors (Lipinski definition) is 1. The van der Waals surface area contributed by atoms with E-state index >= 15 is 0 Å². The molecule has 0 aliphatic heterocycles. The van der Waals surface area contributed by atoms with E-state index in [2.05, 4.69) is 31.2 Å². The van der Waals surface area contributed by atoms with Gasteiger partial charge >= 0.3 is 0 Å².